The van der Waals surface area contributed by atoms with Crippen molar-refractivity contribution >= 4 is 29.7 Å². The summed E-state index contributed by atoms with van der Waals surface area (Å²) in [5.41, 5.74) is 2.94. The maximum absolute atomic E-state index is 13.2. The van der Waals surface area contributed by atoms with Crippen LogP contribution in [0, 0.1) is 0 Å². The van der Waals surface area contributed by atoms with Gasteiger partial charge in [-0.1, -0.05) is 45.0 Å². The van der Waals surface area contributed by atoms with Crippen LogP contribution in [0.25, 0.3) is 16.7 Å². The number of hydrogen-bond acceptors (Lipinski definition) is 8. The van der Waals surface area contributed by atoms with Crippen LogP contribution in [0.2, 0.25) is 6.04 Å². The molecule has 0 aliphatic rings. The molecule has 0 amide bonds. The topological polar surface area (TPSA) is 113 Å². The van der Waals surface area contributed by atoms with Crippen molar-refractivity contribution in [3.63, 3.8) is 0 Å². The first-order valence-corrected chi connectivity index (χ1v) is 17.8. The summed E-state index contributed by atoms with van der Waals surface area (Å²) in [7, 11) is -6.54. The Bertz CT molecular complexity index is 1600. The molecule has 0 fully saturated rings. The van der Waals surface area contributed by atoms with Gasteiger partial charge in [-0.15, -0.1) is 15.0 Å². The van der Waals surface area contributed by atoms with Crippen molar-refractivity contribution in [3.05, 3.63) is 71.8 Å². The molecule has 1 aromatic heterocycles. The highest BCUT2D eigenvalue weighted by Crippen LogP contribution is 2.35. The van der Waals surface area contributed by atoms with Gasteiger partial charge in [-0.25, -0.2) is 8.42 Å². The van der Waals surface area contributed by atoms with Crippen LogP contribution in [0.3, 0.4) is 0 Å². The molecule has 42 heavy (non-hydrogen) atoms. The second-order valence-electron chi connectivity index (χ2n) is 11.0. The molecule has 0 saturated carbocycles. The van der Waals surface area contributed by atoms with Crippen LogP contribution in [0.15, 0.2) is 70.5 Å². The van der Waals surface area contributed by atoms with Crippen LogP contribution >= 0.6 is 0 Å². The number of aromatic nitrogens is 3. The number of fused-ring (bicyclic) bond motifs is 1. The van der Waals surface area contributed by atoms with Gasteiger partial charge in [0.1, 0.15) is 22.5 Å². The van der Waals surface area contributed by atoms with Crippen molar-refractivity contribution in [1.82, 2.24) is 15.0 Å². The highest BCUT2D eigenvalue weighted by molar-refractivity contribution is 7.91. The second-order valence-corrected chi connectivity index (χ2v) is 15.7. The third-order valence-corrected chi connectivity index (χ3v) is 11.9. The third-order valence-electron chi connectivity index (χ3n) is 6.99. The van der Waals surface area contributed by atoms with Gasteiger partial charge in [0.2, 0.25) is 9.84 Å². The van der Waals surface area contributed by atoms with Gasteiger partial charge in [0.05, 0.1) is 9.79 Å². The van der Waals surface area contributed by atoms with Gasteiger partial charge in [-0.3, -0.25) is 0 Å². The molecule has 4 rings (SSSR count). The maximum atomic E-state index is 13.2. The fourth-order valence-corrected chi connectivity index (χ4v) is 8.77. The Balaban J connectivity index is 1.70. The molecule has 11 heteroatoms. The molecule has 0 atom stereocenters. The van der Waals surface area contributed by atoms with E-state index in [4.69, 9.17) is 13.3 Å². The van der Waals surface area contributed by atoms with Crippen LogP contribution in [0.4, 0.5) is 0 Å². The Hall–Kier alpha value is -3.09. The van der Waals surface area contributed by atoms with Crippen molar-refractivity contribution in [2.75, 3.05) is 19.8 Å². The summed E-state index contributed by atoms with van der Waals surface area (Å²) >= 11 is 0. The summed E-state index contributed by atoms with van der Waals surface area (Å²) in [6, 6.07) is 17.5. The van der Waals surface area contributed by atoms with Gasteiger partial charge in [-0.05, 0) is 86.6 Å². The summed E-state index contributed by atoms with van der Waals surface area (Å²) in [6.45, 7) is 13.7. The van der Waals surface area contributed by atoms with E-state index in [0.717, 1.165) is 11.1 Å². The van der Waals surface area contributed by atoms with E-state index in [1.807, 2.05) is 32.9 Å². The molecule has 0 unspecified atom stereocenters. The number of hydrogen-bond donors (Lipinski definition) is 1. The van der Waals surface area contributed by atoms with E-state index in [0.29, 0.717) is 55.4 Å². The number of phenols is 1. The molecule has 1 N–H and O–H groups in total. The molecule has 0 bridgehead atoms. The average molecular weight is 612 g/mol. The molecular formula is C31H41N3O6SSi. The minimum absolute atomic E-state index is 0.0805. The van der Waals surface area contributed by atoms with Crippen LogP contribution < -0.4 is 0 Å². The number of aromatic hydroxyl groups is 1. The van der Waals surface area contributed by atoms with Crippen molar-refractivity contribution < 1.29 is 26.8 Å². The molecule has 0 radical (unpaired) electrons. The zero-order valence-corrected chi connectivity index (χ0v) is 27.1. The Morgan fingerprint density at radius 2 is 1.45 bits per heavy atom. The third kappa shape index (κ3) is 6.92. The van der Waals surface area contributed by atoms with Gasteiger partial charge in [0.25, 0.3) is 0 Å². The molecular weight excluding hydrogens is 571 g/mol. The number of sulfone groups is 1. The highest BCUT2D eigenvalue weighted by atomic mass is 32.2. The summed E-state index contributed by atoms with van der Waals surface area (Å²) < 4.78 is 44.4. The Kier molecular flexibility index (Phi) is 9.89. The Labute approximate surface area is 249 Å². The minimum atomic E-state index is -3.72. The average Bonchev–Trinajstić information content (AvgIpc) is 3.37. The van der Waals surface area contributed by atoms with Crippen molar-refractivity contribution in [3.8, 4) is 11.4 Å². The van der Waals surface area contributed by atoms with E-state index in [1.54, 1.807) is 36.4 Å². The van der Waals surface area contributed by atoms with Gasteiger partial charge in [0, 0.05) is 25.9 Å². The van der Waals surface area contributed by atoms with Crippen LogP contribution in [0.1, 0.15) is 59.1 Å². The zero-order valence-electron chi connectivity index (χ0n) is 25.3. The summed E-state index contributed by atoms with van der Waals surface area (Å²) in [5.74, 6) is 0.0805. The lowest BCUT2D eigenvalue weighted by molar-refractivity contribution is 0.0708. The van der Waals surface area contributed by atoms with Gasteiger partial charge in [-0.2, -0.15) is 0 Å². The van der Waals surface area contributed by atoms with E-state index < -0.39 is 18.6 Å². The second kappa shape index (κ2) is 13.0. The largest absolute Gasteiger partial charge is 0.505 e. The molecule has 1 heterocycles. The van der Waals surface area contributed by atoms with Gasteiger partial charge in [0.15, 0.2) is 0 Å². The maximum Gasteiger partial charge on any atom is 0.500 e. The van der Waals surface area contributed by atoms with Crippen LogP contribution in [-0.4, -0.2) is 57.1 Å². The lowest BCUT2D eigenvalue weighted by Crippen LogP contribution is -2.46. The number of nitrogens with zero attached hydrogens (tertiary/aromatic N) is 3. The van der Waals surface area contributed by atoms with Crippen molar-refractivity contribution in [1.29, 1.82) is 0 Å². The van der Waals surface area contributed by atoms with E-state index >= 15 is 0 Å². The molecule has 0 saturated heterocycles. The molecule has 0 aliphatic carbocycles. The normalized spacial score (nSPS) is 12.7. The molecule has 9 nitrogen and oxygen atoms in total. The lowest BCUT2D eigenvalue weighted by atomic mass is 9.85. The fraction of sp³-hybridized carbons (Fsp3) is 0.419. The van der Waals surface area contributed by atoms with Crippen molar-refractivity contribution in [2.24, 2.45) is 0 Å². The monoisotopic (exact) mass is 611 g/mol. The van der Waals surface area contributed by atoms with Gasteiger partial charge >= 0.3 is 8.80 Å². The Morgan fingerprint density at radius 1 is 0.833 bits per heavy atom. The van der Waals surface area contributed by atoms with E-state index in [1.165, 1.54) is 16.9 Å². The molecule has 0 aliphatic heterocycles. The first-order valence-electron chi connectivity index (χ1n) is 14.4. The predicted octanol–water partition coefficient (Wildman–Crippen LogP) is 6.24. The number of benzene rings is 3. The van der Waals surface area contributed by atoms with E-state index in [2.05, 4.69) is 31.0 Å². The van der Waals surface area contributed by atoms with E-state index in [9.17, 15) is 13.5 Å². The van der Waals surface area contributed by atoms with Gasteiger partial charge < -0.3 is 18.4 Å². The standard InChI is InChI=1S/C31H41N3O6SSi/c1-7-38-42(39-8-2,40-9-3)19-13-14-23-20-24(31(4,5)6)21-29(30(23)35)34-32-27-18-17-26(22-28(27)33-34)41(36,37)25-15-11-10-12-16-25/h10-12,15-18,20-22,35H,7-9,13-14,19H2,1-6H3. The quantitative estimate of drug-likeness (QED) is 0.177. The van der Waals surface area contributed by atoms with E-state index in [-0.39, 0.29) is 21.0 Å². The summed E-state index contributed by atoms with van der Waals surface area (Å²) in [4.78, 5) is 1.73. The molecule has 4 aromatic rings. The molecule has 3 aromatic carbocycles. The SMILES string of the molecule is CCO[Si](CCCc1cc(C(C)(C)C)cc(-n2nc3ccc(S(=O)(=O)c4ccccc4)cc3n2)c1O)(OCC)OCC. The van der Waals surface area contributed by atoms with Crippen LogP contribution in [-0.2, 0) is 35.0 Å². The number of phenolic OH excluding ortho intramolecular Hbond substituents is 1. The zero-order chi connectivity index (χ0) is 30.5. The first kappa shape index (κ1) is 31.8. The number of rotatable bonds is 13. The van der Waals surface area contributed by atoms with Crippen molar-refractivity contribution in [2.45, 2.75) is 75.6 Å². The molecule has 226 valence electrons. The highest BCUT2D eigenvalue weighted by Gasteiger charge is 2.39. The number of aryl methyl sites for hydroxylation is 1. The minimum Gasteiger partial charge on any atom is -0.505 e. The first-order chi connectivity index (χ1) is 19.9. The smallest absolute Gasteiger partial charge is 0.500 e. The summed E-state index contributed by atoms with van der Waals surface area (Å²) in [5, 5.41) is 20.6. The lowest BCUT2D eigenvalue weighted by Gasteiger charge is -2.28. The fourth-order valence-electron chi connectivity index (χ4n) is 4.86. The Morgan fingerprint density at radius 3 is 2.05 bits per heavy atom. The predicted molar refractivity (Wildman–Crippen MR) is 165 cm³/mol. The van der Waals surface area contributed by atoms with Crippen LogP contribution in [0.5, 0.6) is 5.75 Å². The molecule has 0 spiro atoms. The summed E-state index contributed by atoms with van der Waals surface area (Å²) in [6.07, 6.45) is 1.27.